The smallest absolute Gasteiger partial charge is 0.193 e. The number of furan rings is 1. The molecule has 0 saturated heterocycles. The molecule has 0 unspecified atom stereocenters. The summed E-state index contributed by atoms with van der Waals surface area (Å²) in [6, 6.07) is 11.6. The summed E-state index contributed by atoms with van der Waals surface area (Å²) in [6.45, 7) is 0. The van der Waals surface area contributed by atoms with E-state index in [1.807, 2.05) is 6.07 Å². The largest absolute Gasteiger partial charge is 0.455 e. The number of nitrogens with one attached hydrogen (secondary N) is 1. The quantitative estimate of drug-likeness (QED) is 0.798. The third-order valence-corrected chi connectivity index (χ3v) is 2.80. The van der Waals surface area contributed by atoms with Crippen LogP contribution in [0.15, 0.2) is 40.8 Å². The van der Waals surface area contributed by atoms with Crippen molar-refractivity contribution in [1.82, 2.24) is 15.4 Å². The van der Waals surface area contributed by atoms with Gasteiger partial charge in [-0.05, 0) is 35.9 Å². The molecule has 3 aromatic rings. The molecule has 0 aliphatic rings. The molecule has 0 radical (unpaired) electrons. The Morgan fingerprint density at radius 2 is 2.10 bits per heavy atom. The van der Waals surface area contributed by atoms with Gasteiger partial charge in [0.2, 0.25) is 0 Å². The summed E-state index contributed by atoms with van der Waals surface area (Å²) in [5, 5.41) is 18.8. The maximum atomic E-state index is 13.1. The number of rotatable bonds is 3. The molecule has 0 saturated carbocycles. The van der Waals surface area contributed by atoms with Gasteiger partial charge in [-0.3, -0.25) is 0 Å². The van der Waals surface area contributed by atoms with E-state index in [-0.39, 0.29) is 11.5 Å². The number of aromatic amines is 1. The zero-order valence-electron chi connectivity index (χ0n) is 10.7. The highest BCUT2D eigenvalue weighted by Crippen LogP contribution is 2.23. The van der Waals surface area contributed by atoms with E-state index >= 15 is 0 Å². The Hall–Kier alpha value is -3.20. The lowest BCUT2D eigenvalue weighted by molar-refractivity contribution is 0.569. The molecule has 2 heterocycles. The van der Waals surface area contributed by atoms with E-state index in [1.54, 1.807) is 36.4 Å². The van der Waals surface area contributed by atoms with Crippen molar-refractivity contribution < 1.29 is 8.81 Å². The van der Waals surface area contributed by atoms with E-state index in [2.05, 4.69) is 15.4 Å². The molecule has 5 nitrogen and oxygen atoms in total. The first-order chi connectivity index (χ1) is 10.3. The van der Waals surface area contributed by atoms with Gasteiger partial charge in [-0.1, -0.05) is 18.2 Å². The Morgan fingerprint density at radius 1 is 1.19 bits per heavy atom. The van der Waals surface area contributed by atoms with Crippen LogP contribution >= 0.6 is 0 Å². The molecule has 1 N–H and O–H groups in total. The summed E-state index contributed by atoms with van der Waals surface area (Å²) in [5.41, 5.74) is 1.26. The number of hydrogen-bond acceptors (Lipinski definition) is 4. The summed E-state index contributed by atoms with van der Waals surface area (Å²) < 4.78 is 18.6. The van der Waals surface area contributed by atoms with Crippen LogP contribution in [-0.4, -0.2) is 15.4 Å². The van der Waals surface area contributed by atoms with E-state index in [0.717, 1.165) is 5.56 Å². The third-order valence-electron chi connectivity index (χ3n) is 2.80. The molecule has 21 heavy (non-hydrogen) atoms. The van der Waals surface area contributed by atoms with Crippen LogP contribution in [0.1, 0.15) is 17.0 Å². The molecule has 0 bridgehead atoms. The second-order valence-electron chi connectivity index (χ2n) is 4.22. The summed E-state index contributed by atoms with van der Waals surface area (Å²) in [5.74, 6) is 0.721. The number of nitrogens with zero attached hydrogens (tertiary/aromatic N) is 3. The standard InChI is InChI=1S/C15H9FN4O/c16-11-3-1-2-10(8-11)4-5-12-6-7-14(21-12)15-13(9-17)18-20-19-15/h1-8H,(H,18,19,20)/b5-4+. The third kappa shape index (κ3) is 2.72. The van der Waals surface area contributed by atoms with Crippen LogP contribution in [-0.2, 0) is 0 Å². The van der Waals surface area contributed by atoms with Gasteiger partial charge in [0, 0.05) is 0 Å². The number of hydrogen-bond donors (Lipinski definition) is 1. The summed E-state index contributed by atoms with van der Waals surface area (Å²) in [6.07, 6.45) is 3.45. The van der Waals surface area contributed by atoms with Gasteiger partial charge in [0.15, 0.2) is 17.1 Å². The van der Waals surface area contributed by atoms with Gasteiger partial charge in [-0.15, -0.1) is 5.10 Å². The Morgan fingerprint density at radius 3 is 2.90 bits per heavy atom. The van der Waals surface area contributed by atoms with Gasteiger partial charge in [0.25, 0.3) is 0 Å². The van der Waals surface area contributed by atoms with Gasteiger partial charge in [0.05, 0.1) is 0 Å². The molecule has 0 amide bonds. The second kappa shape index (κ2) is 5.43. The monoisotopic (exact) mass is 280 g/mol. The summed E-state index contributed by atoms with van der Waals surface area (Å²) >= 11 is 0. The predicted octanol–water partition coefficient (Wildman–Crippen LogP) is 3.25. The Bertz CT molecular complexity index is 841. The molecule has 6 heteroatoms. The predicted molar refractivity (Wildman–Crippen MR) is 74.1 cm³/mol. The van der Waals surface area contributed by atoms with Crippen LogP contribution in [0, 0.1) is 17.1 Å². The lowest BCUT2D eigenvalue weighted by atomic mass is 10.2. The van der Waals surface area contributed by atoms with Crippen LogP contribution in [0.2, 0.25) is 0 Å². The second-order valence-corrected chi connectivity index (χ2v) is 4.22. The molecule has 1 aromatic carbocycles. The highest BCUT2D eigenvalue weighted by Gasteiger charge is 2.13. The van der Waals surface area contributed by atoms with Crippen LogP contribution in [0.25, 0.3) is 23.6 Å². The van der Waals surface area contributed by atoms with Crippen molar-refractivity contribution in [3.63, 3.8) is 0 Å². The number of aromatic nitrogens is 3. The van der Waals surface area contributed by atoms with Crippen molar-refractivity contribution in [3.05, 3.63) is 59.2 Å². The fourth-order valence-corrected chi connectivity index (χ4v) is 1.84. The van der Waals surface area contributed by atoms with Crippen molar-refractivity contribution in [1.29, 1.82) is 5.26 Å². The first kappa shape index (κ1) is 12.8. The minimum atomic E-state index is -0.293. The van der Waals surface area contributed by atoms with E-state index in [9.17, 15) is 4.39 Å². The fraction of sp³-hybridized carbons (Fsp3) is 0. The number of H-pyrrole nitrogens is 1. The zero-order chi connectivity index (χ0) is 14.7. The van der Waals surface area contributed by atoms with E-state index in [0.29, 0.717) is 17.2 Å². The lowest BCUT2D eigenvalue weighted by Gasteiger charge is -1.93. The molecule has 0 aliphatic carbocycles. The fourth-order valence-electron chi connectivity index (χ4n) is 1.84. The van der Waals surface area contributed by atoms with Gasteiger partial charge in [-0.25, -0.2) is 4.39 Å². The average molecular weight is 280 g/mol. The topological polar surface area (TPSA) is 78.5 Å². The molecule has 102 valence electrons. The van der Waals surface area contributed by atoms with Crippen molar-refractivity contribution in [2.24, 2.45) is 0 Å². The Balaban J connectivity index is 1.84. The number of benzene rings is 1. The Kier molecular flexibility index (Phi) is 3.31. The Labute approximate surface area is 119 Å². The van der Waals surface area contributed by atoms with E-state index < -0.39 is 0 Å². The molecular formula is C15H9FN4O. The minimum absolute atomic E-state index is 0.171. The van der Waals surface area contributed by atoms with Crippen molar-refractivity contribution in [2.75, 3.05) is 0 Å². The SMILES string of the molecule is N#Cc1n[nH]nc1-c1ccc(/C=C/c2cccc(F)c2)o1. The van der Waals surface area contributed by atoms with Gasteiger partial charge in [0.1, 0.15) is 17.6 Å². The molecule has 3 rings (SSSR count). The first-order valence-electron chi connectivity index (χ1n) is 6.11. The minimum Gasteiger partial charge on any atom is -0.455 e. The lowest BCUT2D eigenvalue weighted by Crippen LogP contribution is -1.78. The maximum Gasteiger partial charge on any atom is 0.193 e. The van der Waals surface area contributed by atoms with Gasteiger partial charge < -0.3 is 4.42 Å². The number of halogens is 1. The average Bonchev–Trinajstić information content (AvgIpc) is 3.13. The van der Waals surface area contributed by atoms with Crippen molar-refractivity contribution in [3.8, 4) is 17.5 Å². The van der Waals surface area contributed by atoms with Gasteiger partial charge in [-0.2, -0.15) is 15.6 Å². The van der Waals surface area contributed by atoms with Crippen LogP contribution < -0.4 is 0 Å². The van der Waals surface area contributed by atoms with Crippen molar-refractivity contribution >= 4 is 12.2 Å². The normalized spacial score (nSPS) is 10.9. The maximum absolute atomic E-state index is 13.1. The molecule has 0 atom stereocenters. The molecular weight excluding hydrogens is 271 g/mol. The molecule has 0 fully saturated rings. The van der Waals surface area contributed by atoms with E-state index in [1.165, 1.54) is 12.1 Å². The first-order valence-corrected chi connectivity index (χ1v) is 6.11. The molecule has 0 spiro atoms. The highest BCUT2D eigenvalue weighted by atomic mass is 19.1. The molecule has 2 aromatic heterocycles. The van der Waals surface area contributed by atoms with Gasteiger partial charge >= 0.3 is 0 Å². The van der Waals surface area contributed by atoms with E-state index in [4.69, 9.17) is 9.68 Å². The zero-order valence-corrected chi connectivity index (χ0v) is 10.7. The summed E-state index contributed by atoms with van der Waals surface area (Å²) in [7, 11) is 0. The van der Waals surface area contributed by atoms with Crippen molar-refractivity contribution in [2.45, 2.75) is 0 Å². The van der Waals surface area contributed by atoms with Crippen LogP contribution in [0.3, 0.4) is 0 Å². The van der Waals surface area contributed by atoms with Crippen LogP contribution in [0.5, 0.6) is 0 Å². The summed E-state index contributed by atoms with van der Waals surface area (Å²) in [4.78, 5) is 0. The highest BCUT2D eigenvalue weighted by molar-refractivity contribution is 5.69. The molecule has 0 aliphatic heterocycles. The van der Waals surface area contributed by atoms with Crippen LogP contribution in [0.4, 0.5) is 4.39 Å². The number of nitriles is 1.